The zero-order valence-corrected chi connectivity index (χ0v) is 16.4. The Bertz CT molecular complexity index is 1030. The van der Waals surface area contributed by atoms with Gasteiger partial charge >= 0.3 is 0 Å². The molecule has 4 rings (SSSR count). The number of nitrogens with zero attached hydrogens (tertiary/aromatic N) is 4. The first kappa shape index (κ1) is 18.9. The van der Waals surface area contributed by atoms with Crippen LogP contribution in [0.15, 0.2) is 54.9 Å². The highest BCUT2D eigenvalue weighted by Gasteiger charge is 2.31. The lowest BCUT2D eigenvalue weighted by atomic mass is 10.0. The van der Waals surface area contributed by atoms with Crippen LogP contribution in [0, 0.1) is 17.2 Å². The number of nitrogens with one attached hydrogen (secondary N) is 1. The summed E-state index contributed by atoms with van der Waals surface area (Å²) in [7, 11) is 0. The molecule has 0 spiro atoms. The fourth-order valence-electron chi connectivity index (χ4n) is 4.03. The van der Waals surface area contributed by atoms with Crippen molar-refractivity contribution in [3.63, 3.8) is 0 Å². The van der Waals surface area contributed by atoms with Crippen molar-refractivity contribution < 1.29 is 4.79 Å². The standard InChI is InChI=1S/C23H23N5O/c1-2-25-23(29)20-11-12-21(13-20)28-15-26-27-22(28)19-9-7-18(8-10-19)17-5-3-16(14-24)4-6-17/h3-10,15,20-21H,2,11-13H2,1H3,(H,25,29)/t20-,21+/m0/s1. The lowest BCUT2D eigenvalue weighted by Gasteiger charge is -2.15. The van der Waals surface area contributed by atoms with E-state index in [0.29, 0.717) is 12.1 Å². The van der Waals surface area contributed by atoms with Crippen LogP contribution < -0.4 is 5.32 Å². The third kappa shape index (κ3) is 3.90. The van der Waals surface area contributed by atoms with Gasteiger partial charge in [0.2, 0.25) is 5.91 Å². The van der Waals surface area contributed by atoms with Crippen molar-refractivity contribution in [3.05, 3.63) is 60.4 Å². The molecule has 6 heteroatoms. The monoisotopic (exact) mass is 385 g/mol. The molecular weight excluding hydrogens is 362 g/mol. The van der Waals surface area contributed by atoms with Crippen LogP contribution in [0.5, 0.6) is 0 Å². The van der Waals surface area contributed by atoms with Gasteiger partial charge in [-0.2, -0.15) is 5.26 Å². The van der Waals surface area contributed by atoms with E-state index in [1.54, 1.807) is 6.33 Å². The van der Waals surface area contributed by atoms with Crippen molar-refractivity contribution in [2.24, 2.45) is 5.92 Å². The minimum absolute atomic E-state index is 0.0639. The first-order chi connectivity index (χ1) is 14.2. The summed E-state index contributed by atoms with van der Waals surface area (Å²) in [6.45, 7) is 2.62. The lowest BCUT2D eigenvalue weighted by molar-refractivity contribution is -0.124. The van der Waals surface area contributed by atoms with Gasteiger partial charge in [-0.25, -0.2) is 0 Å². The fourth-order valence-corrected chi connectivity index (χ4v) is 4.03. The molecule has 6 nitrogen and oxygen atoms in total. The number of hydrogen-bond acceptors (Lipinski definition) is 4. The molecule has 0 saturated heterocycles. The molecule has 0 bridgehead atoms. The van der Waals surface area contributed by atoms with Gasteiger partial charge in [0.05, 0.1) is 11.6 Å². The maximum absolute atomic E-state index is 12.2. The largest absolute Gasteiger partial charge is 0.356 e. The van der Waals surface area contributed by atoms with Gasteiger partial charge in [-0.15, -0.1) is 10.2 Å². The molecule has 1 amide bonds. The van der Waals surface area contributed by atoms with Gasteiger partial charge in [-0.3, -0.25) is 4.79 Å². The van der Waals surface area contributed by atoms with E-state index in [9.17, 15) is 4.79 Å². The van der Waals surface area contributed by atoms with Crippen LogP contribution in [0.1, 0.15) is 37.8 Å². The number of rotatable bonds is 5. The van der Waals surface area contributed by atoms with Crippen molar-refractivity contribution in [2.45, 2.75) is 32.2 Å². The third-order valence-electron chi connectivity index (χ3n) is 5.58. The average Bonchev–Trinajstić information content (AvgIpc) is 3.44. The highest BCUT2D eigenvalue weighted by atomic mass is 16.1. The summed E-state index contributed by atoms with van der Waals surface area (Å²) in [5.41, 5.74) is 3.81. The van der Waals surface area contributed by atoms with Gasteiger partial charge in [0.25, 0.3) is 0 Å². The SMILES string of the molecule is CCNC(=O)[C@H]1CC[C@@H](n2cnnc2-c2ccc(-c3ccc(C#N)cc3)cc2)C1. The minimum Gasteiger partial charge on any atom is -0.356 e. The van der Waals surface area contributed by atoms with Gasteiger partial charge in [0.15, 0.2) is 5.82 Å². The summed E-state index contributed by atoms with van der Waals surface area (Å²) in [4.78, 5) is 12.2. The maximum Gasteiger partial charge on any atom is 0.223 e. The normalized spacial score (nSPS) is 18.3. The number of aromatic nitrogens is 3. The molecule has 1 aliphatic rings. The lowest BCUT2D eigenvalue weighted by Crippen LogP contribution is -2.29. The van der Waals surface area contributed by atoms with E-state index in [0.717, 1.165) is 41.8 Å². The summed E-state index contributed by atoms with van der Waals surface area (Å²) in [6, 6.07) is 18.1. The number of carbonyl (C=O) groups excluding carboxylic acids is 1. The predicted molar refractivity (Wildman–Crippen MR) is 111 cm³/mol. The minimum atomic E-state index is 0.0639. The van der Waals surface area contributed by atoms with Crippen LogP contribution >= 0.6 is 0 Å². The summed E-state index contributed by atoms with van der Waals surface area (Å²) < 4.78 is 2.11. The zero-order valence-electron chi connectivity index (χ0n) is 16.4. The van der Waals surface area contributed by atoms with Gasteiger partial charge in [-0.05, 0) is 49.4 Å². The van der Waals surface area contributed by atoms with Crippen LogP contribution in [-0.2, 0) is 4.79 Å². The van der Waals surface area contributed by atoms with E-state index < -0.39 is 0 Å². The predicted octanol–water partition coefficient (Wildman–Crippen LogP) is 3.96. The molecule has 29 heavy (non-hydrogen) atoms. The van der Waals surface area contributed by atoms with Gasteiger partial charge in [0, 0.05) is 24.1 Å². The van der Waals surface area contributed by atoms with Crippen molar-refractivity contribution in [1.29, 1.82) is 5.26 Å². The van der Waals surface area contributed by atoms with Crippen molar-refractivity contribution in [2.75, 3.05) is 6.54 Å². The summed E-state index contributed by atoms with van der Waals surface area (Å²) in [5, 5.41) is 20.3. The van der Waals surface area contributed by atoms with Crippen LogP contribution in [-0.4, -0.2) is 27.2 Å². The molecule has 0 aliphatic heterocycles. The summed E-state index contributed by atoms with van der Waals surface area (Å²) in [5.74, 6) is 1.04. The summed E-state index contributed by atoms with van der Waals surface area (Å²) >= 11 is 0. The van der Waals surface area contributed by atoms with E-state index in [1.807, 2.05) is 43.3 Å². The van der Waals surface area contributed by atoms with Crippen molar-refractivity contribution >= 4 is 5.91 Å². The maximum atomic E-state index is 12.2. The van der Waals surface area contributed by atoms with Crippen LogP contribution in [0.2, 0.25) is 0 Å². The van der Waals surface area contributed by atoms with E-state index >= 15 is 0 Å². The second-order valence-electron chi connectivity index (χ2n) is 7.39. The number of amides is 1. The Labute approximate surface area is 170 Å². The molecule has 3 aromatic rings. The zero-order chi connectivity index (χ0) is 20.2. The quantitative estimate of drug-likeness (QED) is 0.720. The third-order valence-corrected chi connectivity index (χ3v) is 5.58. The number of carbonyl (C=O) groups is 1. The molecule has 0 radical (unpaired) electrons. The Kier molecular flexibility index (Phi) is 5.39. The molecule has 1 aliphatic carbocycles. The number of benzene rings is 2. The first-order valence-corrected chi connectivity index (χ1v) is 9.97. The van der Waals surface area contributed by atoms with E-state index in [1.165, 1.54) is 0 Å². The topological polar surface area (TPSA) is 83.6 Å². The van der Waals surface area contributed by atoms with E-state index in [4.69, 9.17) is 5.26 Å². The van der Waals surface area contributed by atoms with Crippen molar-refractivity contribution in [1.82, 2.24) is 20.1 Å². The van der Waals surface area contributed by atoms with Crippen LogP contribution in [0.3, 0.4) is 0 Å². The van der Waals surface area contributed by atoms with Crippen LogP contribution in [0.25, 0.3) is 22.5 Å². The Hall–Kier alpha value is -3.46. The molecule has 1 N–H and O–H groups in total. The molecule has 146 valence electrons. The van der Waals surface area contributed by atoms with E-state index in [-0.39, 0.29) is 17.9 Å². The molecule has 1 fully saturated rings. The van der Waals surface area contributed by atoms with Gasteiger partial charge in [0.1, 0.15) is 6.33 Å². The Morgan fingerprint density at radius 3 is 2.41 bits per heavy atom. The van der Waals surface area contributed by atoms with Gasteiger partial charge < -0.3 is 9.88 Å². The fraction of sp³-hybridized carbons (Fsp3) is 0.304. The Morgan fingerprint density at radius 1 is 1.10 bits per heavy atom. The Morgan fingerprint density at radius 2 is 1.76 bits per heavy atom. The highest BCUT2D eigenvalue weighted by Crippen LogP contribution is 2.37. The second-order valence-corrected chi connectivity index (χ2v) is 7.39. The highest BCUT2D eigenvalue weighted by molar-refractivity contribution is 5.79. The molecule has 1 heterocycles. The number of nitriles is 1. The summed E-state index contributed by atoms with van der Waals surface area (Å²) in [6.07, 6.45) is 4.44. The Balaban J connectivity index is 1.52. The van der Waals surface area contributed by atoms with Crippen LogP contribution in [0.4, 0.5) is 0 Å². The molecule has 1 aromatic heterocycles. The molecular formula is C23H23N5O. The van der Waals surface area contributed by atoms with Gasteiger partial charge in [-0.1, -0.05) is 36.4 Å². The molecule has 2 atom stereocenters. The van der Waals surface area contributed by atoms with Crippen molar-refractivity contribution in [3.8, 4) is 28.6 Å². The average molecular weight is 385 g/mol. The smallest absolute Gasteiger partial charge is 0.223 e. The first-order valence-electron chi connectivity index (χ1n) is 9.97. The molecule has 2 aromatic carbocycles. The second kappa shape index (κ2) is 8.27. The number of hydrogen-bond donors (Lipinski definition) is 1. The molecule has 0 unspecified atom stereocenters. The molecule has 1 saturated carbocycles. The van der Waals surface area contributed by atoms with E-state index in [2.05, 4.69) is 38.3 Å².